The van der Waals surface area contributed by atoms with E-state index in [-0.39, 0.29) is 12.6 Å². The molecular weight excluding hydrogens is 452 g/mol. The third-order valence-corrected chi connectivity index (χ3v) is 5.98. The fraction of sp³-hybridized carbons (Fsp3) is 0.417. The van der Waals surface area contributed by atoms with Crippen LogP contribution in [0.3, 0.4) is 0 Å². The molecule has 1 aromatic carbocycles. The summed E-state index contributed by atoms with van der Waals surface area (Å²) in [5.41, 5.74) is 1.58. The number of urea groups is 1. The predicted octanol–water partition coefficient (Wildman–Crippen LogP) is 1.49. The van der Waals surface area contributed by atoms with Crippen LogP contribution in [0.25, 0.3) is 0 Å². The first-order valence-electron chi connectivity index (χ1n) is 11.5. The molecule has 2 amide bonds. The minimum atomic E-state index is -0.698. The number of rotatable bonds is 8. The molecule has 4 rings (SSSR count). The molecule has 2 aromatic rings. The number of esters is 1. The first kappa shape index (κ1) is 24.3. The van der Waals surface area contributed by atoms with Crippen molar-refractivity contribution in [3.05, 3.63) is 53.5 Å². The van der Waals surface area contributed by atoms with Crippen molar-refractivity contribution < 1.29 is 23.8 Å². The Bertz CT molecular complexity index is 1090. The van der Waals surface area contributed by atoms with Crippen molar-refractivity contribution in [3.63, 3.8) is 0 Å². The molecule has 0 radical (unpaired) electrons. The van der Waals surface area contributed by atoms with Gasteiger partial charge in [0.1, 0.15) is 0 Å². The number of methoxy groups -OCH3 is 2. The molecule has 1 fully saturated rings. The van der Waals surface area contributed by atoms with E-state index in [0.29, 0.717) is 40.8 Å². The molecule has 35 heavy (non-hydrogen) atoms. The molecule has 11 heteroatoms. The van der Waals surface area contributed by atoms with Gasteiger partial charge in [0.2, 0.25) is 5.95 Å². The molecule has 3 heterocycles. The summed E-state index contributed by atoms with van der Waals surface area (Å²) >= 11 is 0. The maximum Gasteiger partial charge on any atom is 0.338 e. The number of carbonyl (C=O) groups excluding carboxylic acids is 2. The van der Waals surface area contributed by atoms with E-state index in [2.05, 4.69) is 30.4 Å². The lowest BCUT2D eigenvalue weighted by Crippen LogP contribution is -2.52. The zero-order chi connectivity index (χ0) is 24.8. The summed E-state index contributed by atoms with van der Waals surface area (Å²) in [5, 5.41) is 5.70. The molecule has 0 bridgehead atoms. The Hall–Kier alpha value is -3.86. The molecule has 0 aliphatic carbocycles. The van der Waals surface area contributed by atoms with E-state index in [4.69, 9.17) is 14.2 Å². The van der Waals surface area contributed by atoms with Crippen LogP contribution in [0, 0.1) is 0 Å². The van der Waals surface area contributed by atoms with Crippen molar-refractivity contribution >= 4 is 17.9 Å². The Kier molecular flexibility index (Phi) is 7.66. The SMILES string of the molecule is CCOC(=O)C1=C(CN2CCN(c3ncccn3)CC2)NC(=O)N[C@H]1c1ccc(OC)c(OC)c1. The second-order valence-corrected chi connectivity index (χ2v) is 8.07. The second kappa shape index (κ2) is 11.0. The Labute approximate surface area is 204 Å². The summed E-state index contributed by atoms with van der Waals surface area (Å²) in [6, 6.07) is 6.01. The summed E-state index contributed by atoms with van der Waals surface area (Å²) in [7, 11) is 3.09. The van der Waals surface area contributed by atoms with Crippen molar-refractivity contribution in [1.29, 1.82) is 0 Å². The number of ether oxygens (including phenoxy) is 3. The van der Waals surface area contributed by atoms with E-state index in [1.807, 2.05) is 0 Å². The molecule has 1 aromatic heterocycles. The van der Waals surface area contributed by atoms with Crippen molar-refractivity contribution in [2.45, 2.75) is 13.0 Å². The third kappa shape index (κ3) is 5.46. The van der Waals surface area contributed by atoms with Crippen LogP contribution >= 0.6 is 0 Å². The lowest BCUT2D eigenvalue weighted by atomic mass is 9.94. The Morgan fingerprint density at radius 3 is 2.46 bits per heavy atom. The highest BCUT2D eigenvalue weighted by Gasteiger charge is 2.35. The normalized spacial score (nSPS) is 18.5. The van der Waals surface area contributed by atoms with E-state index < -0.39 is 12.0 Å². The summed E-state index contributed by atoms with van der Waals surface area (Å²) in [6.07, 6.45) is 3.45. The third-order valence-electron chi connectivity index (χ3n) is 5.98. The van der Waals surface area contributed by atoms with Crippen molar-refractivity contribution in [2.24, 2.45) is 0 Å². The molecule has 2 N–H and O–H groups in total. The van der Waals surface area contributed by atoms with Crippen molar-refractivity contribution in [3.8, 4) is 11.5 Å². The van der Waals surface area contributed by atoms with Gasteiger partial charge in [-0.05, 0) is 30.7 Å². The van der Waals surface area contributed by atoms with Crippen LogP contribution < -0.4 is 25.0 Å². The zero-order valence-electron chi connectivity index (χ0n) is 20.1. The average Bonchev–Trinajstić information content (AvgIpc) is 2.89. The number of piperazine rings is 1. The van der Waals surface area contributed by atoms with Crippen LogP contribution in [0.2, 0.25) is 0 Å². The van der Waals surface area contributed by atoms with E-state index in [1.54, 1.807) is 50.7 Å². The van der Waals surface area contributed by atoms with Crippen LogP contribution in [-0.2, 0) is 9.53 Å². The Balaban J connectivity index is 1.60. The van der Waals surface area contributed by atoms with Gasteiger partial charge in [-0.25, -0.2) is 19.6 Å². The average molecular weight is 483 g/mol. The number of aromatic nitrogens is 2. The van der Waals surface area contributed by atoms with Crippen LogP contribution in [-0.4, -0.2) is 80.4 Å². The molecule has 2 aliphatic heterocycles. The van der Waals surface area contributed by atoms with E-state index in [1.165, 1.54) is 7.11 Å². The van der Waals surface area contributed by atoms with Gasteiger partial charge < -0.3 is 29.7 Å². The topological polar surface area (TPSA) is 118 Å². The number of hydrogen-bond acceptors (Lipinski definition) is 9. The molecule has 0 saturated carbocycles. The van der Waals surface area contributed by atoms with Gasteiger partial charge in [-0.3, -0.25) is 4.90 Å². The van der Waals surface area contributed by atoms with Gasteiger partial charge in [0.25, 0.3) is 0 Å². The number of nitrogens with zero attached hydrogens (tertiary/aromatic N) is 4. The summed E-state index contributed by atoms with van der Waals surface area (Å²) in [4.78, 5) is 38.7. The first-order valence-corrected chi connectivity index (χ1v) is 11.5. The predicted molar refractivity (Wildman–Crippen MR) is 128 cm³/mol. The van der Waals surface area contributed by atoms with Gasteiger partial charge in [-0.1, -0.05) is 6.07 Å². The summed E-state index contributed by atoms with van der Waals surface area (Å²) in [6.45, 7) is 5.29. The van der Waals surface area contributed by atoms with Gasteiger partial charge in [0.05, 0.1) is 32.4 Å². The smallest absolute Gasteiger partial charge is 0.338 e. The van der Waals surface area contributed by atoms with Crippen LogP contribution in [0.15, 0.2) is 47.9 Å². The molecule has 11 nitrogen and oxygen atoms in total. The maximum atomic E-state index is 13.1. The van der Waals surface area contributed by atoms with Gasteiger partial charge in [-0.15, -0.1) is 0 Å². The second-order valence-electron chi connectivity index (χ2n) is 8.07. The number of amides is 2. The van der Waals surface area contributed by atoms with Crippen molar-refractivity contribution in [1.82, 2.24) is 25.5 Å². The molecule has 2 aliphatic rings. The number of anilines is 1. The highest BCUT2D eigenvalue weighted by Crippen LogP contribution is 2.34. The van der Waals surface area contributed by atoms with Gasteiger partial charge >= 0.3 is 12.0 Å². The molecule has 1 saturated heterocycles. The lowest BCUT2D eigenvalue weighted by molar-refractivity contribution is -0.139. The zero-order valence-corrected chi connectivity index (χ0v) is 20.1. The fourth-order valence-electron chi connectivity index (χ4n) is 4.26. The van der Waals surface area contributed by atoms with Crippen LogP contribution in [0.4, 0.5) is 10.7 Å². The summed E-state index contributed by atoms with van der Waals surface area (Å²) in [5.74, 6) is 1.27. The molecular formula is C24H30N6O5. The van der Waals surface area contributed by atoms with Gasteiger partial charge in [0, 0.05) is 50.8 Å². The Morgan fingerprint density at radius 2 is 1.80 bits per heavy atom. The minimum Gasteiger partial charge on any atom is -0.493 e. The van der Waals surface area contributed by atoms with Crippen LogP contribution in [0.5, 0.6) is 11.5 Å². The van der Waals surface area contributed by atoms with E-state index in [9.17, 15) is 9.59 Å². The quantitative estimate of drug-likeness (QED) is 0.540. The van der Waals surface area contributed by atoms with Crippen molar-refractivity contribution in [2.75, 3.05) is 58.5 Å². The van der Waals surface area contributed by atoms with Gasteiger partial charge in [0.15, 0.2) is 11.5 Å². The van der Waals surface area contributed by atoms with E-state index in [0.717, 1.165) is 26.2 Å². The largest absolute Gasteiger partial charge is 0.493 e. The minimum absolute atomic E-state index is 0.220. The Morgan fingerprint density at radius 1 is 1.09 bits per heavy atom. The number of carbonyl (C=O) groups is 2. The highest BCUT2D eigenvalue weighted by molar-refractivity contribution is 5.95. The van der Waals surface area contributed by atoms with Gasteiger partial charge in [-0.2, -0.15) is 0 Å². The molecule has 0 spiro atoms. The highest BCUT2D eigenvalue weighted by atomic mass is 16.5. The monoisotopic (exact) mass is 482 g/mol. The number of hydrogen-bond donors (Lipinski definition) is 2. The number of benzene rings is 1. The molecule has 1 atom stereocenters. The fourth-order valence-corrected chi connectivity index (χ4v) is 4.26. The number of nitrogens with one attached hydrogen (secondary N) is 2. The molecule has 0 unspecified atom stereocenters. The van der Waals surface area contributed by atoms with E-state index >= 15 is 0 Å². The molecule has 186 valence electrons. The first-order chi connectivity index (χ1) is 17.0. The summed E-state index contributed by atoms with van der Waals surface area (Å²) < 4.78 is 16.1. The maximum absolute atomic E-state index is 13.1. The standard InChI is InChI=1S/C24H30N6O5/c1-4-35-22(31)20-17(15-29-10-12-30(13-11-29)23-25-8-5-9-26-23)27-24(32)28-21(20)16-6-7-18(33-2)19(14-16)34-3/h5-9,14,21H,4,10-13,15H2,1-3H3,(H2,27,28,32)/t21-/m0/s1. The lowest BCUT2D eigenvalue weighted by Gasteiger charge is -2.37. The van der Waals surface area contributed by atoms with Crippen LogP contribution in [0.1, 0.15) is 18.5 Å².